The Morgan fingerprint density at radius 3 is 2.66 bits per heavy atom. The van der Waals surface area contributed by atoms with E-state index in [2.05, 4.69) is 15.4 Å². The Morgan fingerprint density at radius 2 is 1.93 bits per heavy atom. The molecule has 146 valence electrons. The molecular formula is C19H15FN6O2S. The number of nitrogens with two attached hydrogens (primary N) is 2. The first-order chi connectivity index (χ1) is 13.9. The second-order valence-corrected chi connectivity index (χ2v) is 7.16. The summed E-state index contributed by atoms with van der Waals surface area (Å²) in [5.41, 5.74) is 13.7. The second-order valence-electron chi connectivity index (χ2n) is 6.25. The van der Waals surface area contributed by atoms with Crippen LogP contribution in [0.3, 0.4) is 0 Å². The van der Waals surface area contributed by atoms with Crippen molar-refractivity contribution in [1.82, 2.24) is 19.9 Å². The minimum atomic E-state index is -0.656. The number of pyridine rings is 1. The molecular weight excluding hydrogens is 395 g/mol. The number of carbonyl (C=O) groups excluding carboxylic acids is 2. The Hall–Kier alpha value is -3.79. The van der Waals surface area contributed by atoms with Crippen LogP contribution in [0.15, 0.2) is 48.0 Å². The zero-order chi connectivity index (χ0) is 20.5. The molecule has 10 heteroatoms. The zero-order valence-corrected chi connectivity index (χ0v) is 15.7. The van der Waals surface area contributed by atoms with Gasteiger partial charge in [-0.15, -0.1) is 16.4 Å². The fourth-order valence-electron chi connectivity index (χ4n) is 2.82. The number of nitrogens with one attached hydrogen (secondary N) is 1. The fourth-order valence-corrected chi connectivity index (χ4v) is 3.65. The molecule has 4 rings (SSSR count). The summed E-state index contributed by atoms with van der Waals surface area (Å²) in [7, 11) is 0. The molecule has 4 aromatic rings. The molecule has 5 N–H and O–H groups in total. The maximum Gasteiger partial charge on any atom is 0.261 e. The number of nitrogens with zero attached hydrogens (tertiary/aromatic N) is 3. The molecule has 0 saturated heterocycles. The Balaban J connectivity index is 1.57. The number of hydrogen-bond donors (Lipinski definition) is 3. The van der Waals surface area contributed by atoms with Gasteiger partial charge in [-0.3, -0.25) is 9.59 Å². The molecule has 1 aromatic carbocycles. The van der Waals surface area contributed by atoms with Crippen molar-refractivity contribution in [3.63, 3.8) is 0 Å². The topological polar surface area (TPSA) is 128 Å². The smallest absolute Gasteiger partial charge is 0.261 e. The van der Waals surface area contributed by atoms with Gasteiger partial charge >= 0.3 is 0 Å². The maximum absolute atomic E-state index is 13.0. The lowest BCUT2D eigenvalue weighted by Crippen LogP contribution is -2.21. The number of anilines is 1. The van der Waals surface area contributed by atoms with Gasteiger partial charge in [-0.1, -0.05) is 12.1 Å². The number of halogens is 1. The van der Waals surface area contributed by atoms with Crippen LogP contribution < -0.4 is 16.8 Å². The third-order valence-electron chi connectivity index (χ3n) is 4.24. The third-order valence-corrected chi connectivity index (χ3v) is 5.17. The highest BCUT2D eigenvalue weighted by atomic mass is 32.1. The fraction of sp³-hybridized carbons (Fsp3) is 0.0526. The standard InChI is InChI=1S/C19H15FN6O2S/c20-13-3-1-10(2-4-13)7-23-18(28)15-6-12(9-29-15)11-5-14(16(21)27)17-24-19(22)25-26(17)8-11/h1-6,8-9H,7H2,(H2,21,27)(H2,22,25)(H,23,28). The van der Waals surface area contributed by atoms with Crippen molar-refractivity contribution in [3.8, 4) is 11.1 Å². The van der Waals surface area contributed by atoms with Gasteiger partial charge in [0.1, 0.15) is 5.82 Å². The van der Waals surface area contributed by atoms with E-state index >= 15 is 0 Å². The van der Waals surface area contributed by atoms with E-state index in [9.17, 15) is 14.0 Å². The number of benzene rings is 1. The summed E-state index contributed by atoms with van der Waals surface area (Å²) < 4.78 is 14.3. The average Bonchev–Trinajstić information content (AvgIpc) is 3.32. The first kappa shape index (κ1) is 18.6. The van der Waals surface area contributed by atoms with E-state index in [1.54, 1.807) is 35.8 Å². The van der Waals surface area contributed by atoms with E-state index in [-0.39, 0.29) is 35.4 Å². The minimum absolute atomic E-state index is 0.0239. The summed E-state index contributed by atoms with van der Waals surface area (Å²) in [6, 6.07) is 9.20. The van der Waals surface area contributed by atoms with Crippen molar-refractivity contribution in [2.24, 2.45) is 5.73 Å². The number of carbonyl (C=O) groups is 2. The summed E-state index contributed by atoms with van der Waals surface area (Å²) in [5, 5.41) is 8.61. The Kier molecular flexibility index (Phi) is 4.69. The molecule has 8 nitrogen and oxygen atoms in total. The van der Waals surface area contributed by atoms with Crippen LogP contribution in [0.1, 0.15) is 25.6 Å². The van der Waals surface area contributed by atoms with Crippen molar-refractivity contribution in [2.75, 3.05) is 5.73 Å². The van der Waals surface area contributed by atoms with Gasteiger partial charge in [-0.05, 0) is 40.8 Å². The van der Waals surface area contributed by atoms with Gasteiger partial charge in [0.25, 0.3) is 11.8 Å². The van der Waals surface area contributed by atoms with E-state index in [0.29, 0.717) is 10.4 Å². The van der Waals surface area contributed by atoms with Gasteiger partial charge in [0, 0.05) is 18.3 Å². The van der Waals surface area contributed by atoms with Crippen molar-refractivity contribution >= 4 is 34.7 Å². The minimum Gasteiger partial charge on any atom is -0.366 e. The quantitative estimate of drug-likeness (QED) is 0.465. The molecule has 0 saturated carbocycles. The molecule has 0 unspecified atom stereocenters. The maximum atomic E-state index is 13.0. The van der Waals surface area contributed by atoms with E-state index < -0.39 is 5.91 Å². The third kappa shape index (κ3) is 3.78. The molecule has 3 aromatic heterocycles. The summed E-state index contributed by atoms with van der Waals surface area (Å²) in [6.45, 7) is 0.280. The Bertz CT molecular complexity index is 1230. The van der Waals surface area contributed by atoms with E-state index in [1.807, 2.05) is 0 Å². The summed E-state index contributed by atoms with van der Waals surface area (Å²) in [6.07, 6.45) is 1.66. The van der Waals surface area contributed by atoms with Crippen molar-refractivity contribution < 1.29 is 14.0 Å². The van der Waals surface area contributed by atoms with Crippen LogP contribution in [0.2, 0.25) is 0 Å². The average molecular weight is 410 g/mol. The molecule has 0 radical (unpaired) electrons. The molecule has 0 aliphatic carbocycles. The van der Waals surface area contributed by atoms with Crippen molar-refractivity contribution in [3.05, 3.63) is 69.8 Å². The van der Waals surface area contributed by atoms with Crippen LogP contribution in [-0.4, -0.2) is 26.4 Å². The van der Waals surface area contributed by atoms with Crippen LogP contribution >= 0.6 is 11.3 Å². The predicted octanol–water partition coefficient (Wildman–Crippen LogP) is 2.21. The second kappa shape index (κ2) is 7.32. The predicted molar refractivity (Wildman–Crippen MR) is 107 cm³/mol. The highest BCUT2D eigenvalue weighted by Crippen LogP contribution is 2.27. The molecule has 0 aliphatic heterocycles. The summed E-state index contributed by atoms with van der Waals surface area (Å²) in [4.78, 5) is 28.7. The molecule has 0 bridgehead atoms. The normalized spacial score (nSPS) is 10.9. The number of primary amides is 1. The lowest BCUT2D eigenvalue weighted by atomic mass is 10.1. The molecule has 3 heterocycles. The number of aromatic nitrogens is 3. The van der Waals surface area contributed by atoms with E-state index in [1.165, 1.54) is 28.0 Å². The number of nitrogen functional groups attached to an aromatic ring is 1. The largest absolute Gasteiger partial charge is 0.366 e. The molecule has 0 fully saturated rings. The van der Waals surface area contributed by atoms with Gasteiger partial charge in [-0.2, -0.15) is 4.98 Å². The Labute approximate surface area is 168 Å². The monoisotopic (exact) mass is 410 g/mol. The number of amides is 2. The van der Waals surface area contributed by atoms with Crippen molar-refractivity contribution in [1.29, 1.82) is 0 Å². The summed E-state index contributed by atoms with van der Waals surface area (Å²) in [5.74, 6) is -1.22. The highest BCUT2D eigenvalue weighted by molar-refractivity contribution is 7.12. The van der Waals surface area contributed by atoms with Crippen LogP contribution in [-0.2, 0) is 6.54 Å². The van der Waals surface area contributed by atoms with Gasteiger partial charge in [0.2, 0.25) is 5.95 Å². The Morgan fingerprint density at radius 1 is 1.17 bits per heavy atom. The number of fused-ring (bicyclic) bond motifs is 1. The molecule has 0 spiro atoms. The molecule has 29 heavy (non-hydrogen) atoms. The van der Waals surface area contributed by atoms with Crippen LogP contribution in [0.4, 0.5) is 10.3 Å². The van der Waals surface area contributed by atoms with E-state index in [0.717, 1.165) is 11.1 Å². The first-order valence-electron chi connectivity index (χ1n) is 8.48. The molecule has 0 atom stereocenters. The summed E-state index contributed by atoms with van der Waals surface area (Å²) >= 11 is 1.26. The van der Waals surface area contributed by atoms with E-state index in [4.69, 9.17) is 11.5 Å². The first-order valence-corrected chi connectivity index (χ1v) is 9.36. The van der Waals surface area contributed by atoms with Gasteiger partial charge in [0.05, 0.1) is 10.4 Å². The number of hydrogen-bond acceptors (Lipinski definition) is 6. The molecule has 2 amide bonds. The van der Waals surface area contributed by atoms with Crippen molar-refractivity contribution in [2.45, 2.75) is 6.54 Å². The highest BCUT2D eigenvalue weighted by Gasteiger charge is 2.16. The number of thiophene rings is 1. The zero-order valence-electron chi connectivity index (χ0n) is 14.9. The van der Waals surface area contributed by atoms with Crippen LogP contribution in [0, 0.1) is 5.82 Å². The molecule has 0 aliphatic rings. The van der Waals surface area contributed by atoms with Gasteiger partial charge < -0.3 is 16.8 Å². The van der Waals surface area contributed by atoms with Crippen LogP contribution in [0.25, 0.3) is 16.8 Å². The van der Waals surface area contributed by atoms with Gasteiger partial charge in [-0.25, -0.2) is 8.91 Å². The van der Waals surface area contributed by atoms with Gasteiger partial charge in [0.15, 0.2) is 5.65 Å². The SMILES string of the molecule is NC(=O)c1cc(-c2csc(C(=O)NCc3ccc(F)cc3)c2)cn2nc(N)nc12. The van der Waals surface area contributed by atoms with Crippen LogP contribution in [0.5, 0.6) is 0 Å². The lowest BCUT2D eigenvalue weighted by molar-refractivity contribution is 0.0953. The number of rotatable bonds is 5. The lowest BCUT2D eigenvalue weighted by Gasteiger charge is -2.04.